The molecule has 2 heterocycles. The molecule has 72 valence electrons. The van der Waals surface area contributed by atoms with Crippen molar-refractivity contribution in [2.24, 2.45) is 0 Å². The van der Waals surface area contributed by atoms with Gasteiger partial charge >= 0.3 is 5.76 Å². The van der Waals surface area contributed by atoms with Crippen molar-refractivity contribution in [1.82, 2.24) is 15.2 Å². The van der Waals surface area contributed by atoms with Crippen molar-refractivity contribution in [1.29, 1.82) is 0 Å². The van der Waals surface area contributed by atoms with E-state index < -0.39 is 5.76 Å². The lowest BCUT2D eigenvalue weighted by Gasteiger charge is -1.97. The standard InChI is InChI=1S/C7H5BrN4O2/c8-4-1-3(2-10-5(4)9)6-11-12-7(13)14-6/h1-2H,(H2,9,10)(H,12,13). The van der Waals surface area contributed by atoms with E-state index in [0.717, 1.165) is 0 Å². The molecular weight excluding hydrogens is 252 g/mol. The van der Waals surface area contributed by atoms with Gasteiger partial charge in [0.25, 0.3) is 5.89 Å². The Balaban J connectivity index is 2.52. The number of H-pyrrole nitrogens is 1. The van der Waals surface area contributed by atoms with Gasteiger partial charge in [-0.1, -0.05) is 0 Å². The summed E-state index contributed by atoms with van der Waals surface area (Å²) >= 11 is 3.20. The number of rotatable bonds is 1. The number of pyridine rings is 1. The predicted octanol–water partition coefficient (Wildman–Crippen LogP) is 0.770. The third-order valence-corrected chi connectivity index (χ3v) is 2.19. The topological polar surface area (TPSA) is 97.8 Å². The van der Waals surface area contributed by atoms with Gasteiger partial charge in [-0.2, -0.15) is 0 Å². The van der Waals surface area contributed by atoms with Gasteiger partial charge in [0, 0.05) is 6.20 Å². The molecule has 6 nitrogen and oxygen atoms in total. The van der Waals surface area contributed by atoms with Gasteiger partial charge in [-0.25, -0.2) is 14.9 Å². The maximum atomic E-state index is 10.7. The molecule has 3 N–H and O–H groups in total. The van der Waals surface area contributed by atoms with E-state index in [-0.39, 0.29) is 5.89 Å². The number of nitrogen functional groups attached to an aromatic ring is 1. The number of anilines is 1. The van der Waals surface area contributed by atoms with Crippen LogP contribution < -0.4 is 11.5 Å². The Morgan fingerprint density at radius 3 is 2.93 bits per heavy atom. The summed E-state index contributed by atoms with van der Waals surface area (Å²) in [7, 11) is 0. The van der Waals surface area contributed by atoms with Gasteiger partial charge in [-0.3, -0.25) is 0 Å². The molecule has 2 aromatic rings. The van der Waals surface area contributed by atoms with Crippen LogP contribution in [0, 0.1) is 0 Å². The maximum absolute atomic E-state index is 10.7. The van der Waals surface area contributed by atoms with Crippen LogP contribution in [0.4, 0.5) is 5.82 Å². The van der Waals surface area contributed by atoms with E-state index in [4.69, 9.17) is 10.2 Å². The first-order valence-corrected chi connectivity index (χ1v) is 4.43. The highest BCUT2D eigenvalue weighted by molar-refractivity contribution is 9.10. The largest absolute Gasteiger partial charge is 0.434 e. The predicted molar refractivity (Wildman–Crippen MR) is 52.5 cm³/mol. The van der Waals surface area contributed by atoms with Crippen molar-refractivity contribution in [2.75, 3.05) is 5.73 Å². The van der Waals surface area contributed by atoms with Gasteiger partial charge < -0.3 is 10.2 Å². The molecular formula is C7H5BrN4O2. The van der Waals surface area contributed by atoms with Gasteiger partial charge in [0.1, 0.15) is 5.82 Å². The average Bonchev–Trinajstić information content (AvgIpc) is 2.57. The normalized spacial score (nSPS) is 10.4. The molecule has 2 aromatic heterocycles. The van der Waals surface area contributed by atoms with Crippen LogP contribution in [0.3, 0.4) is 0 Å². The van der Waals surface area contributed by atoms with Gasteiger partial charge in [-0.05, 0) is 22.0 Å². The summed E-state index contributed by atoms with van der Waals surface area (Å²) in [6.45, 7) is 0. The number of nitrogens with zero attached hydrogens (tertiary/aromatic N) is 2. The van der Waals surface area contributed by atoms with Crippen LogP contribution in [-0.4, -0.2) is 15.2 Å². The van der Waals surface area contributed by atoms with Crippen LogP contribution in [-0.2, 0) is 0 Å². The Kier molecular flexibility index (Phi) is 2.08. The van der Waals surface area contributed by atoms with E-state index in [2.05, 4.69) is 31.1 Å². The maximum Gasteiger partial charge on any atom is 0.434 e. The van der Waals surface area contributed by atoms with Gasteiger partial charge in [0.15, 0.2) is 0 Å². The number of hydrogen-bond acceptors (Lipinski definition) is 5. The first kappa shape index (κ1) is 8.95. The van der Waals surface area contributed by atoms with E-state index >= 15 is 0 Å². The number of aromatic nitrogens is 3. The molecule has 7 heteroatoms. The van der Waals surface area contributed by atoms with Crippen molar-refractivity contribution < 1.29 is 4.42 Å². The summed E-state index contributed by atoms with van der Waals surface area (Å²) in [5, 5.41) is 5.81. The van der Waals surface area contributed by atoms with Gasteiger partial charge in [0.2, 0.25) is 0 Å². The third-order valence-electron chi connectivity index (χ3n) is 1.55. The van der Waals surface area contributed by atoms with Crippen molar-refractivity contribution >= 4 is 21.7 Å². The van der Waals surface area contributed by atoms with Crippen molar-refractivity contribution in [3.63, 3.8) is 0 Å². The summed E-state index contributed by atoms with van der Waals surface area (Å²) in [5.41, 5.74) is 6.07. The minimum absolute atomic E-state index is 0.184. The number of nitrogens with two attached hydrogens (primary N) is 1. The zero-order chi connectivity index (χ0) is 10.1. The molecule has 0 amide bonds. The van der Waals surface area contributed by atoms with Crippen LogP contribution in [0.25, 0.3) is 11.5 Å². The van der Waals surface area contributed by atoms with E-state index in [0.29, 0.717) is 15.9 Å². The smallest absolute Gasteiger partial charge is 0.388 e. The first-order valence-electron chi connectivity index (χ1n) is 3.64. The fourth-order valence-corrected chi connectivity index (χ4v) is 1.27. The molecule has 0 radical (unpaired) electrons. The van der Waals surface area contributed by atoms with Gasteiger partial charge in [0.05, 0.1) is 10.0 Å². The fraction of sp³-hybridized carbons (Fsp3) is 0. The molecule has 0 fully saturated rings. The van der Waals surface area contributed by atoms with E-state index in [1.807, 2.05) is 0 Å². The second-order valence-electron chi connectivity index (χ2n) is 2.51. The highest BCUT2D eigenvalue weighted by Crippen LogP contribution is 2.22. The fourth-order valence-electron chi connectivity index (χ4n) is 0.919. The molecule has 0 atom stereocenters. The molecule has 2 rings (SSSR count). The molecule has 0 unspecified atom stereocenters. The quantitative estimate of drug-likeness (QED) is 0.786. The van der Waals surface area contributed by atoms with E-state index in [1.165, 1.54) is 6.20 Å². The Bertz CT molecular complexity index is 518. The molecule has 14 heavy (non-hydrogen) atoms. The molecule has 0 saturated carbocycles. The number of halogens is 1. The molecule has 0 saturated heterocycles. The van der Waals surface area contributed by atoms with Crippen LogP contribution >= 0.6 is 15.9 Å². The molecule has 0 aliphatic rings. The summed E-state index contributed by atoms with van der Waals surface area (Å²) < 4.78 is 5.37. The minimum Gasteiger partial charge on any atom is -0.388 e. The zero-order valence-electron chi connectivity index (χ0n) is 6.82. The molecule has 0 aromatic carbocycles. The molecule has 0 aliphatic carbocycles. The van der Waals surface area contributed by atoms with E-state index in [1.54, 1.807) is 6.07 Å². The molecule has 0 spiro atoms. The van der Waals surface area contributed by atoms with E-state index in [9.17, 15) is 4.79 Å². The number of nitrogens with one attached hydrogen (secondary N) is 1. The average molecular weight is 257 g/mol. The van der Waals surface area contributed by atoms with Crippen molar-refractivity contribution in [2.45, 2.75) is 0 Å². The van der Waals surface area contributed by atoms with Crippen LogP contribution in [0.2, 0.25) is 0 Å². The number of aromatic amines is 1. The minimum atomic E-state index is -0.604. The Labute approximate surface area is 86.3 Å². The van der Waals surface area contributed by atoms with Gasteiger partial charge in [-0.15, -0.1) is 5.10 Å². The Morgan fingerprint density at radius 1 is 1.57 bits per heavy atom. The highest BCUT2D eigenvalue weighted by Gasteiger charge is 2.07. The summed E-state index contributed by atoms with van der Waals surface area (Å²) in [6.07, 6.45) is 1.47. The van der Waals surface area contributed by atoms with Crippen LogP contribution in [0.1, 0.15) is 0 Å². The molecule has 0 aliphatic heterocycles. The van der Waals surface area contributed by atoms with Crippen molar-refractivity contribution in [3.05, 3.63) is 27.3 Å². The third kappa shape index (κ3) is 1.53. The lowest BCUT2D eigenvalue weighted by Crippen LogP contribution is -1.93. The van der Waals surface area contributed by atoms with Crippen LogP contribution in [0.5, 0.6) is 0 Å². The van der Waals surface area contributed by atoms with Crippen molar-refractivity contribution in [3.8, 4) is 11.5 Å². The zero-order valence-corrected chi connectivity index (χ0v) is 8.41. The summed E-state index contributed by atoms with van der Waals surface area (Å²) in [6, 6.07) is 1.67. The summed E-state index contributed by atoms with van der Waals surface area (Å²) in [4.78, 5) is 14.6. The first-order chi connectivity index (χ1) is 6.66. The highest BCUT2D eigenvalue weighted by atomic mass is 79.9. The van der Waals surface area contributed by atoms with Crippen LogP contribution in [0.15, 0.2) is 25.9 Å². The second-order valence-corrected chi connectivity index (χ2v) is 3.36. The lowest BCUT2D eigenvalue weighted by molar-refractivity contribution is 0.527. The Hall–Kier alpha value is -1.63. The SMILES string of the molecule is Nc1ncc(-c2n[nH]c(=O)o2)cc1Br. The second kappa shape index (κ2) is 3.26. The Morgan fingerprint density at radius 2 is 2.36 bits per heavy atom. The monoisotopic (exact) mass is 256 g/mol. The summed E-state index contributed by atoms with van der Waals surface area (Å²) in [5.74, 6) is -0.0530. The number of hydrogen-bond donors (Lipinski definition) is 2. The lowest BCUT2D eigenvalue weighted by atomic mass is 10.3. The molecule has 0 bridgehead atoms.